The van der Waals surface area contributed by atoms with Crippen molar-refractivity contribution in [2.45, 2.75) is 6.92 Å². The van der Waals surface area contributed by atoms with E-state index < -0.39 is 0 Å². The Bertz CT molecular complexity index is 237. The number of hydrogen-bond acceptors (Lipinski definition) is 0. The Hall–Kier alpha value is -0.210. The third kappa shape index (κ3) is 1.44. The first-order valence-electron chi connectivity index (χ1n) is 2.74. The highest BCUT2D eigenvalue weighted by molar-refractivity contribution is 9.10. The van der Waals surface area contributed by atoms with Gasteiger partial charge in [0.05, 0.1) is 5.02 Å². The molecule has 1 radical (unpaired) electrons. The molecule has 0 amide bonds. The minimum absolute atomic E-state index is 0.0927. The predicted molar refractivity (Wildman–Crippen MR) is 44.0 cm³/mol. The van der Waals surface area contributed by atoms with Crippen LogP contribution in [-0.2, 0) is 5.11 Å². The molecule has 1 rings (SSSR count). The molecule has 53 valence electrons. The van der Waals surface area contributed by atoms with E-state index >= 15 is 0 Å². The van der Waals surface area contributed by atoms with Gasteiger partial charge in [-0.3, -0.25) is 5.11 Å². The monoisotopic (exact) mass is 219 g/mol. The van der Waals surface area contributed by atoms with Gasteiger partial charge in [0.2, 0.25) is 0 Å². The molecule has 0 aliphatic rings. The molecule has 3 heteroatoms. The average molecular weight is 220 g/mol. The van der Waals surface area contributed by atoms with Gasteiger partial charge < -0.3 is 0 Å². The van der Waals surface area contributed by atoms with Crippen LogP contribution in [0.1, 0.15) is 5.56 Å². The van der Waals surface area contributed by atoms with Crippen LogP contribution in [0.2, 0.25) is 5.02 Å². The zero-order valence-corrected chi connectivity index (χ0v) is 7.66. The molecule has 1 nitrogen and oxygen atoms in total. The zero-order valence-electron chi connectivity index (χ0n) is 5.32. The lowest BCUT2D eigenvalue weighted by atomic mass is 10.2. The van der Waals surface area contributed by atoms with E-state index in [-0.39, 0.29) is 10.8 Å². The summed E-state index contributed by atoms with van der Waals surface area (Å²) in [5.41, 5.74) is 0.666. The summed E-state index contributed by atoms with van der Waals surface area (Å²) in [7, 11) is 0. The lowest BCUT2D eigenvalue weighted by Gasteiger charge is -1.97. The van der Waals surface area contributed by atoms with E-state index in [9.17, 15) is 5.11 Å². The van der Waals surface area contributed by atoms with Crippen molar-refractivity contribution in [2.24, 2.45) is 0 Å². The number of halogens is 2. The Balaban J connectivity index is 3.31. The van der Waals surface area contributed by atoms with Crippen molar-refractivity contribution >= 4 is 27.5 Å². The van der Waals surface area contributed by atoms with Crippen molar-refractivity contribution < 1.29 is 5.11 Å². The van der Waals surface area contributed by atoms with Crippen LogP contribution in [0.15, 0.2) is 16.6 Å². The standard InChI is InChI=1S/C7H5BrClO/c1-4-2-5(8)3-6(9)7(4)10/h2-3H,1H3. The largest absolute Gasteiger partial charge is 0.288 e. The molecule has 0 aromatic heterocycles. The summed E-state index contributed by atoms with van der Waals surface area (Å²) in [5, 5.41) is 11.2. The van der Waals surface area contributed by atoms with E-state index in [1.54, 1.807) is 19.1 Å². The summed E-state index contributed by atoms with van der Waals surface area (Å²) in [6.07, 6.45) is 0. The van der Waals surface area contributed by atoms with Crippen molar-refractivity contribution in [3.05, 3.63) is 27.2 Å². The predicted octanol–water partition coefficient (Wildman–Crippen LogP) is 3.55. The van der Waals surface area contributed by atoms with Gasteiger partial charge in [0.1, 0.15) is 0 Å². The highest BCUT2D eigenvalue weighted by Gasteiger charge is 2.04. The molecule has 0 heterocycles. The van der Waals surface area contributed by atoms with Gasteiger partial charge in [-0.1, -0.05) is 27.5 Å². The van der Waals surface area contributed by atoms with Crippen LogP contribution in [0, 0.1) is 6.92 Å². The van der Waals surface area contributed by atoms with E-state index in [0.717, 1.165) is 4.47 Å². The summed E-state index contributed by atoms with van der Waals surface area (Å²) in [5.74, 6) is -0.0927. The zero-order chi connectivity index (χ0) is 7.72. The second-order valence-corrected chi connectivity index (χ2v) is 3.36. The van der Waals surface area contributed by atoms with Gasteiger partial charge in [0.15, 0.2) is 5.75 Å². The number of benzene rings is 1. The normalized spacial score (nSPS) is 9.90. The fourth-order valence-corrected chi connectivity index (χ4v) is 1.66. The molecule has 0 spiro atoms. The Labute approximate surface area is 72.8 Å². The van der Waals surface area contributed by atoms with Crippen molar-refractivity contribution in [3.8, 4) is 5.75 Å². The topological polar surface area (TPSA) is 19.9 Å². The van der Waals surface area contributed by atoms with E-state index in [1.165, 1.54) is 0 Å². The Morgan fingerprint density at radius 1 is 1.50 bits per heavy atom. The van der Waals surface area contributed by atoms with Gasteiger partial charge >= 0.3 is 0 Å². The highest BCUT2D eigenvalue weighted by atomic mass is 79.9. The fraction of sp³-hybridized carbons (Fsp3) is 0.143. The van der Waals surface area contributed by atoms with Gasteiger partial charge in [0.25, 0.3) is 0 Å². The first kappa shape index (κ1) is 7.89. The van der Waals surface area contributed by atoms with E-state index in [4.69, 9.17) is 11.6 Å². The molecule has 0 aliphatic heterocycles. The van der Waals surface area contributed by atoms with Crippen molar-refractivity contribution in [2.75, 3.05) is 0 Å². The van der Waals surface area contributed by atoms with Gasteiger partial charge in [-0.15, -0.1) is 0 Å². The minimum atomic E-state index is -0.0927. The summed E-state index contributed by atoms with van der Waals surface area (Å²) in [6.45, 7) is 1.74. The first-order chi connectivity index (χ1) is 4.61. The summed E-state index contributed by atoms with van der Waals surface area (Å²) >= 11 is 8.80. The van der Waals surface area contributed by atoms with E-state index in [0.29, 0.717) is 5.56 Å². The van der Waals surface area contributed by atoms with Crippen LogP contribution < -0.4 is 0 Å². The second-order valence-electron chi connectivity index (χ2n) is 2.03. The maximum Gasteiger partial charge on any atom is 0.200 e. The first-order valence-corrected chi connectivity index (χ1v) is 3.91. The third-order valence-electron chi connectivity index (χ3n) is 1.19. The van der Waals surface area contributed by atoms with E-state index in [2.05, 4.69) is 15.9 Å². The maximum absolute atomic E-state index is 11.0. The SMILES string of the molecule is Cc1cc(Br)cc(Cl)c1[O]. The molecule has 0 N–H and O–H groups in total. The number of aryl methyl sites for hydroxylation is 1. The molecule has 10 heavy (non-hydrogen) atoms. The Kier molecular flexibility index (Phi) is 2.21. The highest BCUT2D eigenvalue weighted by Crippen LogP contribution is 2.30. The summed E-state index contributed by atoms with van der Waals surface area (Å²) in [6, 6.07) is 3.34. The van der Waals surface area contributed by atoms with Gasteiger partial charge in [-0.25, -0.2) is 0 Å². The Morgan fingerprint density at radius 2 is 2.10 bits per heavy atom. The van der Waals surface area contributed by atoms with Crippen LogP contribution >= 0.6 is 27.5 Å². The quantitative estimate of drug-likeness (QED) is 0.637. The molecule has 1 aromatic rings. The summed E-state index contributed by atoms with van der Waals surface area (Å²) in [4.78, 5) is 0. The molecule has 0 unspecified atom stereocenters. The van der Waals surface area contributed by atoms with Gasteiger partial charge in [-0.2, -0.15) is 0 Å². The van der Waals surface area contributed by atoms with Crippen LogP contribution in [-0.4, -0.2) is 0 Å². The summed E-state index contributed by atoms with van der Waals surface area (Å²) < 4.78 is 0.842. The van der Waals surface area contributed by atoms with Crippen LogP contribution in [0.5, 0.6) is 5.75 Å². The molecule has 0 saturated heterocycles. The lowest BCUT2D eigenvalue weighted by molar-refractivity contribution is 0.352. The van der Waals surface area contributed by atoms with Gasteiger partial charge in [0, 0.05) is 4.47 Å². The number of hydrogen-bond donors (Lipinski definition) is 0. The van der Waals surface area contributed by atoms with Crippen molar-refractivity contribution in [1.82, 2.24) is 0 Å². The molecular formula is C7H5BrClO. The molecule has 0 aliphatic carbocycles. The number of rotatable bonds is 0. The molecule has 0 atom stereocenters. The lowest BCUT2D eigenvalue weighted by Crippen LogP contribution is -1.74. The maximum atomic E-state index is 11.0. The molecular weight excluding hydrogens is 215 g/mol. The smallest absolute Gasteiger partial charge is 0.200 e. The van der Waals surface area contributed by atoms with Crippen molar-refractivity contribution in [1.29, 1.82) is 0 Å². The second kappa shape index (κ2) is 2.81. The van der Waals surface area contributed by atoms with Crippen LogP contribution in [0.4, 0.5) is 0 Å². The van der Waals surface area contributed by atoms with Crippen LogP contribution in [0.3, 0.4) is 0 Å². The average Bonchev–Trinajstić information content (AvgIpc) is 1.82. The van der Waals surface area contributed by atoms with E-state index in [1.807, 2.05) is 0 Å². The fourth-order valence-electron chi connectivity index (χ4n) is 0.689. The third-order valence-corrected chi connectivity index (χ3v) is 1.93. The molecule has 1 aromatic carbocycles. The molecule has 0 fully saturated rings. The van der Waals surface area contributed by atoms with Crippen molar-refractivity contribution in [3.63, 3.8) is 0 Å². The van der Waals surface area contributed by atoms with Crippen LogP contribution in [0.25, 0.3) is 0 Å². The molecule has 0 bridgehead atoms. The minimum Gasteiger partial charge on any atom is -0.288 e. The molecule has 0 saturated carbocycles. The van der Waals surface area contributed by atoms with Gasteiger partial charge in [-0.05, 0) is 24.6 Å². The Morgan fingerprint density at radius 3 is 2.60 bits per heavy atom.